The molecule has 1 aliphatic rings. The summed E-state index contributed by atoms with van der Waals surface area (Å²) in [5.74, 6) is 0.184. The van der Waals surface area contributed by atoms with Crippen molar-refractivity contribution in [1.29, 1.82) is 0 Å². The van der Waals surface area contributed by atoms with E-state index in [1.807, 2.05) is 0 Å². The molecule has 0 aromatic rings. The maximum absolute atomic E-state index is 10.2. The largest absolute Gasteiger partial charge is 0.481 e. The molecule has 0 aliphatic heterocycles. The first-order valence-corrected chi connectivity index (χ1v) is 5.01. The van der Waals surface area contributed by atoms with Gasteiger partial charge in [-0.2, -0.15) is 0 Å². The molecule has 1 radical (unpaired) electrons. The van der Waals surface area contributed by atoms with Crippen molar-refractivity contribution in [2.45, 2.75) is 51.4 Å². The molecule has 0 amide bonds. The number of hydrogen-bond acceptors (Lipinski definition) is 1. The monoisotopic (exact) mass is 233 g/mol. The summed E-state index contributed by atoms with van der Waals surface area (Å²) in [7, 11) is 0. The third-order valence-electron chi connectivity index (χ3n) is 2.73. The molecular formula is C10H18CuO2. The third-order valence-corrected chi connectivity index (χ3v) is 2.73. The molecule has 0 atom stereocenters. The molecule has 1 fully saturated rings. The van der Waals surface area contributed by atoms with Crippen LogP contribution in [0.1, 0.15) is 51.4 Å². The van der Waals surface area contributed by atoms with E-state index in [0.717, 1.165) is 18.8 Å². The Morgan fingerprint density at radius 1 is 1.23 bits per heavy atom. The molecule has 0 bridgehead atoms. The molecule has 0 aromatic heterocycles. The van der Waals surface area contributed by atoms with E-state index in [2.05, 4.69) is 0 Å². The Bertz CT molecular complexity index is 142. The first kappa shape index (κ1) is 13.0. The minimum Gasteiger partial charge on any atom is -0.481 e. The van der Waals surface area contributed by atoms with Gasteiger partial charge in [0.2, 0.25) is 0 Å². The predicted molar refractivity (Wildman–Crippen MR) is 48.1 cm³/mol. The van der Waals surface area contributed by atoms with Crippen LogP contribution in [0.3, 0.4) is 0 Å². The van der Waals surface area contributed by atoms with E-state index in [1.54, 1.807) is 0 Å². The van der Waals surface area contributed by atoms with Gasteiger partial charge in [0.25, 0.3) is 0 Å². The van der Waals surface area contributed by atoms with E-state index in [1.165, 1.54) is 32.1 Å². The minimum absolute atomic E-state index is 0. The molecule has 2 nitrogen and oxygen atoms in total. The topological polar surface area (TPSA) is 37.3 Å². The van der Waals surface area contributed by atoms with Crippen molar-refractivity contribution < 1.29 is 27.0 Å². The normalized spacial score (nSPS) is 17.8. The van der Waals surface area contributed by atoms with Gasteiger partial charge in [-0.3, -0.25) is 4.79 Å². The summed E-state index contributed by atoms with van der Waals surface area (Å²) in [6, 6.07) is 0. The quantitative estimate of drug-likeness (QED) is 0.759. The van der Waals surface area contributed by atoms with Gasteiger partial charge in [-0.15, -0.1) is 0 Å². The Morgan fingerprint density at radius 3 is 2.38 bits per heavy atom. The van der Waals surface area contributed by atoms with Crippen molar-refractivity contribution in [3.05, 3.63) is 0 Å². The van der Waals surface area contributed by atoms with Crippen LogP contribution in [0.5, 0.6) is 0 Å². The van der Waals surface area contributed by atoms with Gasteiger partial charge < -0.3 is 5.11 Å². The summed E-state index contributed by atoms with van der Waals surface area (Å²) < 4.78 is 0. The molecule has 0 heterocycles. The molecule has 0 spiro atoms. The number of hydrogen-bond donors (Lipinski definition) is 1. The smallest absolute Gasteiger partial charge is 0.303 e. The zero-order valence-corrected chi connectivity index (χ0v) is 8.83. The summed E-state index contributed by atoms with van der Waals surface area (Å²) in [5, 5.41) is 8.44. The van der Waals surface area contributed by atoms with Gasteiger partial charge in [-0.1, -0.05) is 32.1 Å². The Kier molecular flexibility index (Phi) is 7.39. The summed E-state index contributed by atoms with van der Waals surface area (Å²) in [6.07, 6.45) is 9.13. The Morgan fingerprint density at radius 2 is 1.85 bits per heavy atom. The van der Waals surface area contributed by atoms with E-state index in [4.69, 9.17) is 5.11 Å². The maximum atomic E-state index is 10.2. The second kappa shape index (κ2) is 7.40. The number of carboxylic acid groups (broad SMARTS) is 1. The first-order chi connectivity index (χ1) is 5.79. The Labute approximate surface area is 90.6 Å². The van der Waals surface area contributed by atoms with Gasteiger partial charge >= 0.3 is 5.97 Å². The van der Waals surface area contributed by atoms with Gasteiger partial charge in [0.15, 0.2) is 0 Å². The molecule has 1 N–H and O–H groups in total. The van der Waals surface area contributed by atoms with Gasteiger partial charge in [0.1, 0.15) is 0 Å². The second-order valence-electron chi connectivity index (χ2n) is 3.79. The fourth-order valence-corrected chi connectivity index (χ4v) is 2.02. The van der Waals surface area contributed by atoms with Crippen LogP contribution in [0.25, 0.3) is 0 Å². The van der Waals surface area contributed by atoms with Crippen LogP contribution in [0.15, 0.2) is 0 Å². The zero-order chi connectivity index (χ0) is 8.81. The van der Waals surface area contributed by atoms with Gasteiger partial charge in [-0.05, 0) is 18.8 Å². The first-order valence-electron chi connectivity index (χ1n) is 5.01. The van der Waals surface area contributed by atoms with Crippen molar-refractivity contribution in [3.8, 4) is 0 Å². The fourth-order valence-electron chi connectivity index (χ4n) is 2.02. The molecule has 0 aromatic carbocycles. The Balaban J connectivity index is 0.00000144. The number of carbonyl (C=O) groups is 1. The fraction of sp³-hybridized carbons (Fsp3) is 0.900. The summed E-state index contributed by atoms with van der Waals surface area (Å²) in [6.45, 7) is 0. The van der Waals surface area contributed by atoms with Crippen molar-refractivity contribution in [1.82, 2.24) is 0 Å². The molecule has 1 rings (SSSR count). The maximum Gasteiger partial charge on any atom is 0.303 e. The molecule has 13 heavy (non-hydrogen) atoms. The van der Waals surface area contributed by atoms with E-state index in [0.29, 0.717) is 6.42 Å². The second-order valence-corrected chi connectivity index (χ2v) is 3.79. The van der Waals surface area contributed by atoms with Gasteiger partial charge in [0.05, 0.1) is 0 Å². The van der Waals surface area contributed by atoms with Crippen LogP contribution < -0.4 is 0 Å². The molecule has 1 saturated carbocycles. The van der Waals surface area contributed by atoms with Gasteiger partial charge in [-0.25, -0.2) is 0 Å². The van der Waals surface area contributed by atoms with Crippen LogP contribution >= 0.6 is 0 Å². The molecule has 1 aliphatic carbocycles. The van der Waals surface area contributed by atoms with Crippen LogP contribution in [0.2, 0.25) is 0 Å². The molecule has 0 unspecified atom stereocenters. The van der Waals surface area contributed by atoms with Crippen molar-refractivity contribution >= 4 is 5.97 Å². The number of carboxylic acids is 1. The Hall–Kier alpha value is -0.0105. The minimum atomic E-state index is -0.647. The van der Waals surface area contributed by atoms with Crippen LogP contribution in [-0.4, -0.2) is 11.1 Å². The predicted octanol–water partition coefficient (Wildman–Crippen LogP) is 2.82. The van der Waals surface area contributed by atoms with Crippen molar-refractivity contribution in [3.63, 3.8) is 0 Å². The third kappa shape index (κ3) is 6.11. The standard InChI is InChI=1S/C10H18O2.Cu/c11-10(12)8-4-7-9-5-2-1-3-6-9;/h9H,1-8H2,(H,11,12);. The van der Waals surface area contributed by atoms with Crippen LogP contribution in [0, 0.1) is 5.92 Å². The van der Waals surface area contributed by atoms with E-state index >= 15 is 0 Å². The van der Waals surface area contributed by atoms with E-state index < -0.39 is 5.97 Å². The number of aliphatic carboxylic acids is 1. The molecule has 81 valence electrons. The van der Waals surface area contributed by atoms with Crippen molar-refractivity contribution in [2.24, 2.45) is 5.92 Å². The summed E-state index contributed by atoms with van der Waals surface area (Å²) in [5.41, 5.74) is 0. The van der Waals surface area contributed by atoms with Gasteiger partial charge in [0, 0.05) is 23.5 Å². The number of rotatable bonds is 4. The molecule has 0 saturated heterocycles. The zero-order valence-electron chi connectivity index (χ0n) is 7.89. The van der Waals surface area contributed by atoms with Crippen LogP contribution in [0.4, 0.5) is 0 Å². The SMILES string of the molecule is O=C(O)CCCC1CCCCC1.[Cu]. The molecular weight excluding hydrogens is 216 g/mol. The van der Waals surface area contributed by atoms with E-state index in [-0.39, 0.29) is 17.1 Å². The van der Waals surface area contributed by atoms with Crippen molar-refractivity contribution in [2.75, 3.05) is 0 Å². The van der Waals surface area contributed by atoms with E-state index in [9.17, 15) is 4.79 Å². The van der Waals surface area contributed by atoms with Crippen LogP contribution in [-0.2, 0) is 21.9 Å². The summed E-state index contributed by atoms with van der Waals surface area (Å²) >= 11 is 0. The average molecular weight is 234 g/mol. The summed E-state index contributed by atoms with van der Waals surface area (Å²) in [4.78, 5) is 10.2. The molecule has 3 heteroatoms. The average Bonchev–Trinajstić information content (AvgIpc) is 2.05.